The molecular formula is C23H21NO4. The SMILES string of the molecule is CCN(Cc1ccc2c(c1)OCO2)C(=O)c1ccc(Oc2ccccc2)cc1. The van der Waals surface area contributed by atoms with Crippen LogP contribution >= 0.6 is 0 Å². The van der Waals surface area contributed by atoms with E-state index < -0.39 is 0 Å². The number of amides is 1. The molecule has 0 saturated heterocycles. The van der Waals surface area contributed by atoms with Gasteiger partial charge in [0.15, 0.2) is 11.5 Å². The number of carbonyl (C=O) groups excluding carboxylic acids is 1. The number of para-hydroxylation sites is 1. The number of fused-ring (bicyclic) bond motifs is 1. The van der Waals surface area contributed by atoms with Crippen molar-refractivity contribution in [3.8, 4) is 23.0 Å². The van der Waals surface area contributed by atoms with Gasteiger partial charge in [0.25, 0.3) is 5.91 Å². The molecule has 0 unspecified atom stereocenters. The molecule has 1 aliphatic heterocycles. The molecule has 5 nitrogen and oxygen atoms in total. The molecule has 4 rings (SSSR count). The lowest BCUT2D eigenvalue weighted by Crippen LogP contribution is -2.30. The first-order valence-electron chi connectivity index (χ1n) is 9.23. The lowest BCUT2D eigenvalue weighted by atomic mass is 10.1. The Labute approximate surface area is 164 Å². The average molecular weight is 375 g/mol. The molecular weight excluding hydrogens is 354 g/mol. The highest BCUT2D eigenvalue weighted by Gasteiger charge is 2.18. The van der Waals surface area contributed by atoms with Crippen molar-refractivity contribution in [1.29, 1.82) is 0 Å². The molecule has 0 aromatic heterocycles. The van der Waals surface area contributed by atoms with E-state index in [-0.39, 0.29) is 12.7 Å². The zero-order chi connectivity index (χ0) is 19.3. The highest BCUT2D eigenvalue weighted by Crippen LogP contribution is 2.33. The number of nitrogens with zero attached hydrogens (tertiary/aromatic N) is 1. The molecule has 0 spiro atoms. The predicted octanol–water partition coefficient (Wildman–Crippen LogP) is 4.87. The quantitative estimate of drug-likeness (QED) is 0.617. The van der Waals surface area contributed by atoms with E-state index in [0.717, 1.165) is 22.8 Å². The first-order valence-corrected chi connectivity index (χ1v) is 9.23. The van der Waals surface area contributed by atoms with Gasteiger partial charge in [-0.3, -0.25) is 4.79 Å². The minimum atomic E-state index is -0.0218. The Balaban J connectivity index is 1.44. The Hall–Kier alpha value is -3.47. The standard InChI is InChI=1S/C23H21NO4/c1-2-24(15-17-8-13-21-22(14-17)27-16-26-21)23(25)18-9-11-20(12-10-18)28-19-6-4-3-5-7-19/h3-14H,2,15-16H2,1H3. The van der Waals surface area contributed by atoms with Crippen LogP contribution in [0.1, 0.15) is 22.8 Å². The van der Waals surface area contributed by atoms with E-state index in [1.807, 2.05) is 67.6 Å². The highest BCUT2D eigenvalue weighted by atomic mass is 16.7. The smallest absolute Gasteiger partial charge is 0.254 e. The molecule has 3 aromatic rings. The number of hydrogen-bond donors (Lipinski definition) is 0. The molecule has 0 bridgehead atoms. The van der Waals surface area contributed by atoms with Gasteiger partial charge >= 0.3 is 0 Å². The summed E-state index contributed by atoms with van der Waals surface area (Å²) in [6.07, 6.45) is 0. The van der Waals surface area contributed by atoms with Crippen LogP contribution in [0.5, 0.6) is 23.0 Å². The maximum absolute atomic E-state index is 12.9. The van der Waals surface area contributed by atoms with E-state index >= 15 is 0 Å². The van der Waals surface area contributed by atoms with Crippen LogP contribution < -0.4 is 14.2 Å². The Morgan fingerprint density at radius 2 is 1.64 bits per heavy atom. The normalized spacial score (nSPS) is 11.9. The van der Waals surface area contributed by atoms with Gasteiger partial charge in [-0.2, -0.15) is 0 Å². The van der Waals surface area contributed by atoms with Crippen LogP contribution in [0.4, 0.5) is 0 Å². The fourth-order valence-electron chi connectivity index (χ4n) is 3.06. The van der Waals surface area contributed by atoms with Gasteiger partial charge in [-0.05, 0) is 61.0 Å². The number of carbonyl (C=O) groups is 1. The van der Waals surface area contributed by atoms with Crippen LogP contribution in [0.15, 0.2) is 72.8 Å². The maximum Gasteiger partial charge on any atom is 0.254 e. The Kier molecular flexibility index (Phi) is 5.15. The molecule has 0 radical (unpaired) electrons. The fraction of sp³-hybridized carbons (Fsp3) is 0.174. The maximum atomic E-state index is 12.9. The number of hydrogen-bond acceptors (Lipinski definition) is 4. The van der Waals surface area contributed by atoms with Crippen LogP contribution in [0.25, 0.3) is 0 Å². The van der Waals surface area contributed by atoms with Gasteiger partial charge in [-0.1, -0.05) is 24.3 Å². The molecule has 0 aliphatic carbocycles. The van der Waals surface area contributed by atoms with Crippen molar-refractivity contribution < 1.29 is 19.0 Å². The van der Waals surface area contributed by atoms with Gasteiger partial charge < -0.3 is 19.1 Å². The zero-order valence-electron chi connectivity index (χ0n) is 15.6. The molecule has 5 heteroatoms. The van der Waals surface area contributed by atoms with E-state index in [9.17, 15) is 4.79 Å². The molecule has 0 atom stereocenters. The van der Waals surface area contributed by atoms with Crippen molar-refractivity contribution in [3.05, 3.63) is 83.9 Å². The fourth-order valence-corrected chi connectivity index (χ4v) is 3.06. The van der Waals surface area contributed by atoms with Gasteiger partial charge in [0.05, 0.1) is 0 Å². The summed E-state index contributed by atoms with van der Waals surface area (Å²) in [5.41, 5.74) is 1.63. The van der Waals surface area contributed by atoms with Crippen molar-refractivity contribution >= 4 is 5.91 Å². The lowest BCUT2D eigenvalue weighted by Gasteiger charge is -2.21. The molecule has 0 saturated carbocycles. The summed E-state index contributed by atoms with van der Waals surface area (Å²) in [6.45, 7) is 3.33. The van der Waals surface area contributed by atoms with E-state index in [0.29, 0.717) is 24.4 Å². The molecule has 0 fully saturated rings. The van der Waals surface area contributed by atoms with E-state index in [1.54, 1.807) is 17.0 Å². The number of benzene rings is 3. The first-order chi connectivity index (χ1) is 13.7. The van der Waals surface area contributed by atoms with Crippen LogP contribution in [0, 0.1) is 0 Å². The summed E-state index contributed by atoms with van der Waals surface area (Å²) in [6, 6.07) is 22.5. The summed E-state index contributed by atoms with van der Waals surface area (Å²) in [7, 11) is 0. The third kappa shape index (κ3) is 3.93. The van der Waals surface area contributed by atoms with Crippen molar-refractivity contribution in [2.45, 2.75) is 13.5 Å². The van der Waals surface area contributed by atoms with Crippen LogP contribution in [0.3, 0.4) is 0 Å². The zero-order valence-corrected chi connectivity index (χ0v) is 15.6. The Bertz CT molecular complexity index is 954. The lowest BCUT2D eigenvalue weighted by molar-refractivity contribution is 0.0752. The van der Waals surface area contributed by atoms with Gasteiger partial charge in [-0.25, -0.2) is 0 Å². The highest BCUT2D eigenvalue weighted by molar-refractivity contribution is 5.94. The van der Waals surface area contributed by atoms with E-state index in [1.165, 1.54) is 0 Å². The second-order valence-electron chi connectivity index (χ2n) is 6.45. The summed E-state index contributed by atoms with van der Waals surface area (Å²) < 4.78 is 16.6. The molecule has 1 amide bonds. The van der Waals surface area contributed by atoms with Crippen LogP contribution in [-0.4, -0.2) is 24.1 Å². The molecule has 3 aromatic carbocycles. The van der Waals surface area contributed by atoms with Gasteiger partial charge in [-0.15, -0.1) is 0 Å². The minimum absolute atomic E-state index is 0.0218. The topological polar surface area (TPSA) is 48.0 Å². The minimum Gasteiger partial charge on any atom is -0.457 e. The third-order valence-electron chi connectivity index (χ3n) is 4.56. The van der Waals surface area contributed by atoms with Gasteiger partial charge in [0, 0.05) is 18.7 Å². The van der Waals surface area contributed by atoms with Crippen LogP contribution in [-0.2, 0) is 6.54 Å². The van der Waals surface area contributed by atoms with Gasteiger partial charge in [0.1, 0.15) is 11.5 Å². The Morgan fingerprint density at radius 3 is 2.39 bits per heavy atom. The van der Waals surface area contributed by atoms with Crippen LogP contribution in [0.2, 0.25) is 0 Å². The summed E-state index contributed by atoms with van der Waals surface area (Å²) in [4.78, 5) is 14.7. The van der Waals surface area contributed by atoms with E-state index in [4.69, 9.17) is 14.2 Å². The number of ether oxygens (including phenoxy) is 3. The molecule has 0 N–H and O–H groups in total. The third-order valence-corrected chi connectivity index (χ3v) is 4.56. The Morgan fingerprint density at radius 1 is 0.929 bits per heavy atom. The molecule has 142 valence electrons. The molecule has 28 heavy (non-hydrogen) atoms. The second kappa shape index (κ2) is 8.05. The van der Waals surface area contributed by atoms with E-state index in [2.05, 4.69) is 0 Å². The van der Waals surface area contributed by atoms with Crippen molar-refractivity contribution in [2.24, 2.45) is 0 Å². The monoisotopic (exact) mass is 375 g/mol. The van der Waals surface area contributed by atoms with Crippen molar-refractivity contribution in [1.82, 2.24) is 4.90 Å². The average Bonchev–Trinajstić information content (AvgIpc) is 3.21. The predicted molar refractivity (Wildman–Crippen MR) is 106 cm³/mol. The molecule has 1 heterocycles. The molecule has 1 aliphatic rings. The largest absolute Gasteiger partial charge is 0.457 e. The summed E-state index contributed by atoms with van der Waals surface area (Å²) in [5, 5.41) is 0. The number of rotatable bonds is 6. The van der Waals surface area contributed by atoms with Crippen molar-refractivity contribution in [3.63, 3.8) is 0 Å². The summed E-state index contributed by atoms with van der Waals surface area (Å²) in [5.74, 6) is 2.91. The van der Waals surface area contributed by atoms with Crippen molar-refractivity contribution in [2.75, 3.05) is 13.3 Å². The second-order valence-corrected chi connectivity index (χ2v) is 6.45. The first kappa shape index (κ1) is 17.9. The van der Waals surface area contributed by atoms with Gasteiger partial charge in [0.2, 0.25) is 6.79 Å². The summed E-state index contributed by atoms with van der Waals surface area (Å²) >= 11 is 0.